The molecule has 2 aliphatic heterocycles. The van der Waals surface area contributed by atoms with Gasteiger partial charge in [0.1, 0.15) is 5.75 Å². The predicted molar refractivity (Wildman–Crippen MR) is 112 cm³/mol. The fourth-order valence-electron chi connectivity index (χ4n) is 5.76. The zero-order valence-corrected chi connectivity index (χ0v) is 16.9. The Kier molecular flexibility index (Phi) is 3.66. The molecular weight excluding hydrogens is 362 g/mol. The first-order valence-electron chi connectivity index (χ1n) is 10.6. The molecule has 5 heteroatoms. The number of hydrogen-bond donors (Lipinski definition) is 2. The number of piperidine rings is 1. The molecule has 1 amide bonds. The average molecular weight is 389 g/mol. The number of fused-ring (bicyclic) bond motifs is 4. The van der Waals surface area contributed by atoms with E-state index in [1.54, 1.807) is 7.11 Å². The van der Waals surface area contributed by atoms with Gasteiger partial charge in [-0.05, 0) is 47.9 Å². The molecule has 29 heavy (non-hydrogen) atoms. The molecule has 5 atom stereocenters. The summed E-state index contributed by atoms with van der Waals surface area (Å²) < 4.78 is 5.75. The van der Waals surface area contributed by atoms with E-state index in [4.69, 9.17) is 4.74 Å². The number of anilines is 1. The number of carbonyl (C=O) groups is 1. The number of amides is 1. The number of carbonyl (C=O) groups excluding carboxylic acids is 1. The highest BCUT2D eigenvalue weighted by Crippen LogP contribution is 2.57. The summed E-state index contributed by atoms with van der Waals surface area (Å²) in [6.45, 7) is 1.81. The van der Waals surface area contributed by atoms with E-state index in [9.17, 15) is 4.79 Å². The van der Waals surface area contributed by atoms with Gasteiger partial charge in [0, 0.05) is 42.8 Å². The Balaban J connectivity index is 1.29. The quantitative estimate of drug-likeness (QED) is 0.826. The van der Waals surface area contributed by atoms with Crippen LogP contribution in [-0.2, 0) is 11.3 Å². The molecule has 4 aliphatic rings. The van der Waals surface area contributed by atoms with Gasteiger partial charge in [-0.3, -0.25) is 4.79 Å². The normalized spacial score (nSPS) is 33.7. The summed E-state index contributed by atoms with van der Waals surface area (Å²) in [5, 5.41) is 7.59. The van der Waals surface area contributed by atoms with Crippen LogP contribution in [0.1, 0.15) is 41.5 Å². The molecule has 2 aromatic rings. The van der Waals surface area contributed by atoms with Gasteiger partial charge in [-0.15, -0.1) is 0 Å². The van der Waals surface area contributed by atoms with Crippen LogP contribution >= 0.6 is 0 Å². The minimum atomic E-state index is 0.117. The lowest BCUT2D eigenvalue weighted by molar-refractivity contribution is -0.119. The maximum absolute atomic E-state index is 12.5. The van der Waals surface area contributed by atoms with E-state index in [0.29, 0.717) is 17.9 Å². The zero-order valence-electron chi connectivity index (χ0n) is 16.9. The van der Waals surface area contributed by atoms with Gasteiger partial charge >= 0.3 is 0 Å². The van der Waals surface area contributed by atoms with Crippen molar-refractivity contribution in [2.75, 3.05) is 25.6 Å². The summed E-state index contributed by atoms with van der Waals surface area (Å²) in [5.74, 6) is 2.44. The molecule has 3 fully saturated rings. The van der Waals surface area contributed by atoms with E-state index < -0.39 is 0 Å². The summed E-state index contributed by atoms with van der Waals surface area (Å²) in [6, 6.07) is 15.4. The molecule has 0 spiro atoms. The van der Waals surface area contributed by atoms with Crippen molar-refractivity contribution in [2.45, 2.75) is 36.9 Å². The molecule has 4 unspecified atom stereocenters. The summed E-state index contributed by atoms with van der Waals surface area (Å²) in [4.78, 5) is 14.3. The molecule has 0 radical (unpaired) electrons. The molecule has 0 bridgehead atoms. The third kappa shape index (κ3) is 2.50. The molecular formula is C24H27N3O2. The summed E-state index contributed by atoms with van der Waals surface area (Å²) in [5.41, 5.74) is 4.92. The molecule has 2 saturated carbocycles. The molecule has 0 aromatic heterocycles. The van der Waals surface area contributed by atoms with Crippen molar-refractivity contribution in [2.24, 2.45) is 11.8 Å². The minimum absolute atomic E-state index is 0.117. The van der Waals surface area contributed by atoms with Crippen LogP contribution in [0.5, 0.6) is 5.75 Å². The van der Waals surface area contributed by atoms with Crippen molar-refractivity contribution >= 4 is 11.6 Å². The van der Waals surface area contributed by atoms with Crippen LogP contribution in [-0.4, -0.2) is 32.1 Å². The van der Waals surface area contributed by atoms with E-state index in [-0.39, 0.29) is 17.4 Å². The summed E-state index contributed by atoms with van der Waals surface area (Å²) >= 11 is 0. The minimum Gasteiger partial charge on any atom is -0.496 e. The maximum Gasteiger partial charge on any atom is 0.230 e. The average Bonchev–Trinajstić information content (AvgIpc) is 3.67. The number of hydrogen-bond acceptors (Lipinski definition) is 4. The van der Waals surface area contributed by atoms with Crippen LogP contribution in [0.3, 0.4) is 0 Å². The second kappa shape index (κ2) is 6.07. The number of nitrogens with one attached hydrogen (secondary N) is 2. The molecule has 1 saturated heterocycles. The third-order valence-electron chi connectivity index (χ3n) is 7.61. The van der Waals surface area contributed by atoms with Crippen LogP contribution in [0.2, 0.25) is 0 Å². The Morgan fingerprint density at radius 1 is 1.24 bits per heavy atom. The van der Waals surface area contributed by atoms with Crippen molar-refractivity contribution in [1.29, 1.82) is 0 Å². The van der Waals surface area contributed by atoms with Gasteiger partial charge in [-0.1, -0.05) is 30.3 Å². The number of rotatable bonds is 5. The zero-order chi connectivity index (χ0) is 19.8. The first kappa shape index (κ1) is 17.5. The standard InChI is InChI=1S/C24H27N3O2/c1-27-20-8-15(21(29-2)10-18(20)17-9-19(17)23(27)28)12-26-24-11-16(24)13-25-22(24)14-6-4-3-5-7-14/h3-8,10,16-17,19,22,25-26H,9,11-13H2,1-2H3/t16?,17?,19-,22?,24?/m0/s1. The molecule has 2 N–H and O–H groups in total. The lowest BCUT2D eigenvalue weighted by atomic mass is 9.96. The maximum atomic E-state index is 12.5. The highest BCUT2D eigenvalue weighted by molar-refractivity contribution is 6.01. The molecule has 5 nitrogen and oxygen atoms in total. The first-order chi connectivity index (χ1) is 14.1. The number of ether oxygens (including phenoxy) is 1. The van der Waals surface area contributed by atoms with Crippen LogP contribution in [0.15, 0.2) is 42.5 Å². The van der Waals surface area contributed by atoms with E-state index in [0.717, 1.165) is 36.5 Å². The highest BCUT2D eigenvalue weighted by Gasteiger charge is 2.63. The highest BCUT2D eigenvalue weighted by atomic mass is 16.5. The van der Waals surface area contributed by atoms with Crippen LogP contribution in [0.4, 0.5) is 5.69 Å². The van der Waals surface area contributed by atoms with Crippen molar-refractivity contribution < 1.29 is 9.53 Å². The molecule has 6 rings (SSSR count). The largest absolute Gasteiger partial charge is 0.496 e. The third-order valence-corrected chi connectivity index (χ3v) is 7.61. The van der Waals surface area contributed by atoms with Gasteiger partial charge in [0.25, 0.3) is 0 Å². The van der Waals surface area contributed by atoms with Crippen LogP contribution in [0.25, 0.3) is 0 Å². The van der Waals surface area contributed by atoms with Crippen LogP contribution in [0, 0.1) is 11.8 Å². The predicted octanol–water partition coefficient (Wildman–Crippen LogP) is 2.97. The smallest absolute Gasteiger partial charge is 0.230 e. The fourth-order valence-corrected chi connectivity index (χ4v) is 5.76. The van der Waals surface area contributed by atoms with Crippen molar-refractivity contribution in [3.8, 4) is 5.75 Å². The molecule has 2 aromatic carbocycles. The van der Waals surface area contributed by atoms with Crippen molar-refractivity contribution in [1.82, 2.24) is 10.6 Å². The number of methoxy groups -OCH3 is 1. The van der Waals surface area contributed by atoms with Gasteiger partial charge in [-0.2, -0.15) is 0 Å². The Bertz CT molecular complexity index is 991. The van der Waals surface area contributed by atoms with Crippen molar-refractivity contribution in [3.63, 3.8) is 0 Å². The lowest BCUT2D eigenvalue weighted by Gasteiger charge is -2.29. The molecule has 2 aliphatic carbocycles. The summed E-state index contributed by atoms with van der Waals surface area (Å²) in [7, 11) is 3.65. The van der Waals surface area contributed by atoms with E-state index in [1.807, 2.05) is 11.9 Å². The molecule has 150 valence electrons. The topological polar surface area (TPSA) is 53.6 Å². The monoisotopic (exact) mass is 389 g/mol. The molecule has 2 heterocycles. The Labute approximate surface area is 171 Å². The van der Waals surface area contributed by atoms with Crippen molar-refractivity contribution in [3.05, 3.63) is 59.2 Å². The Morgan fingerprint density at radius 3 is 2.83 bits per heavy atom. The first-order valence-corrected chi connectivity index (χ1v) is 10.6. The van der Waals surface area contributed by atoms with E-state index >= 15 is 0 Å². The van der Waals surface area contributed by atoms with Gasteiger partial charge in [0.15, 0.2) is 0 Å². The van der Waals surface area contributed by atoms with E-state index in [1.165, 1.54) is 17.5 Å². The van der Waals surface area contributed by atoms with Gasteiger partial charge < -0.3 is 20.3 Å². The number of nitrogens with zero attached hydrogens (tertiary/aromatic N) is 1. The summed E-state index contributed by atoms with van der Waals surface area (Å²) in [6.07, 6.45) is 2.18. The van der Waals surface area contributed by atoms with Crippen LogP contribution < -0.4 is 20.3 Å². The van der Waals surface area contributed by atoms with Gasteiger partial charge in [0.05, 0.1) is 13.2 Å². The van der Waals surface area contributed by atoms with E-state index in [2.05, 4.69) is 53.1 Å². The second-order valence-corrected chi connectivity index (χ2v) is 9.12. The Morgan fingerprint density at radius 2 is 2.07 bits per heavy atom. The van der Waals surface area contributed by atoms with Gasteiger partial charge in [0.2, 0.25) is 5.91 Å². The number of benzene rings is 2. The Hall–Kier alpha value is -2.37. The lowest BCUT2D eigenvalue weighted by Crippen LogP contribution is -2.40. The SMILES string of the molecule is COc1cc2c(cc1CNC13CC1CNC3c1ccccc1)N(C)C(=O)[C@H]1CC21. The fraction of sp³-hybridized carbons (Fsp3) is 0.458. The van der Waals surface area contributed by atoms with Gasteiger partial charge in [-0.25, -0.2) is 0 Å². The second-order valence-electron chi connectivity index (χ2n) is 9.12.